The van der Waals surface area contributed by atoms with Crippen LogP contribution in [0, 0.1) is 0 Å². The van der Waals surface area contributed by atoms with Gasteiger partial charge in [0, 0.05) is 31.4 Å². The van der Waals surface area contributed by atoms with Gasteiger partial charge in [0.2, 0.25) is 0 Å². The molecule has 8 nitrogen and oxygen atoms in total. The Morgan fingerprint density at radius 2 is 1.51 bits per heavy atom. The Morgan fingerprint density at radius 3 is 2.10 bits per heavy atom. The molecular weight excluding hydrogens is 520 g/mol. The van der Waals surface area contributed by atoms with E-state index in [0.29, 0.717) is 11.4 Å². The number of aromatic hydroxyl groups is 1. The highest BCUT2D eigenvalue weighted by Gasteiger charge is 2.13. The van der Waals surface area contributed by atoms with Gasteiger partial charge in [-0.25, -0.2) is 4.79 Å². The number of nitrogens with zero attached hydrogens (tertiary/aromatic N) is 1. The van der Waals surface area contributed by atoms with Crippen LogP contribution < -0.4 is 19.9 Å². The molecule has 39 heavy (non-hydrogen) atoms. The lowest BCUT2D eigenvalue weighted by atomic mass is 10.2. The average molecular weight is 559 g/mol. The third kappa shape index (κ3) is 11.9. The molecule has 0 amide bonds. The molecule has 4 rings (SSSR count). The lowest BCUT2D eigenvalue weighted by Gasteiger charge is -2.26. The summed E-state index contributed by atoms with van der Waals surface area (Å²) < 4.78 is 21.8. The summed E-state index contributed by atoms with van der Waals surface area (Å²) in [4.78, 5) is 14.2. The van der Waals surface area contributed by atoms with E-state index in [1.54, 1.807) is 24.3 Å². The lowest BCUT2D eigenvalue weighted by molar-refractivity contribution is 0.0358. The standard InChI is InChI=1S/C17H27NO3.C13H11NO3.ClH/c1-2-3-12-20-16-5-7-17(8-6-16)21-13-4-9-18-10-14-19-15-11-18;14-9-6-7-11(12(15)8-9)13(16)17-10-4-2-1-3-5-10;/h5-8H,2-4,9-15H2,1H3;1-8,15H,14H2;1H. The number of nitrogen functional groups attached to an aromatic ring is 1. The summed E-state index contributed by atoms with van der Waals surface area (Å²) in [6.07, 6.45) is 3.30. The number of benzene rings is 3. The van der Waals surface area contributed by atoms with E-state index in [2.05, 4.69) is 11.8 Å². The van der Waals surface area contributed by atoms with Crippen molar-refractivity contribution in [2.24, 2.45) is 0 Å². The third-order valence-electron chi connectivity index (χ3n) is 5.78. The van der Waals surface area contributed by atoms with E-state index in [-0.39, 0.29) is 23.7 Å². The first-order valence-electron chi connectivity index (χ1n) is 13.1. The van der Waals surface area contributed by atoms with E-state index in [4.69, 9.17) is 24.7 Å². The van der Waals surface area contributed by atoms with Crippen molar-refractivity contribution in [3.05, 3.63) is 78.4 Å². The molecule has 0 unspecified atom stereocenters. The van der Waals surface area contributed by atoms with Crippen LogP contribution in [0.1, 0.15) is 36.5 Å². The normalized spacial score (nSPS) is 12.8. The Labute approximate surface area is 237 Å². The highest BCUT2D eigenvalue weighted by Crippen LogP contribution is 2.22. The van der Waals surface area contributed by atoms with Crippen molar-refractivity contribution in [1.29, 1.82) is 0 Å². The Bertz CT molecular complexity index is 1090. The first kappa shape index (κ1) is 31.8. The number of phenols is 1. The number of halogens is 1. The van der Waals surface area contributed by atoms with E-state index < -0.39 is 5.97 Å². The van der Waals surface area contributed by atoms with Gasteiger partial charge >= 0.3 is 5.97 Å². The number of morpholine rings is 1. The van der Waals surface area contributed by atoms with Gasteiger partial charge in [0.05, 0.1) is 26.4 Å². The molecule has 0 bridgehead atoms. The molecule has 3 N–H and O–H groups in total. The van der Waals surface area contributed by atoms with Crippen molar-refractivity contribution in [2.75, 3.05) is 51.8 Å². The Morgan fingerprint density at radius 1 is 0.897 bits per heavy atom. The number of esters is 1. The molecule has 0 aromatic heterocycles. The van der Waals surface area contributed by atoms with Gasteiger partial charge in [-0.05, 0) is 61.4 Å². The first-order chi connectivity index (χ1) is 18.5. The predicted octanol–water partition coefficient (Wildman–Crippen LogP) is 5.58. The van der Waals surface area contributed by atoms with Crippen LogP contribution in [-0.4, -0.2) is 62.0 Å². The molecule has 1 fully saturated rings. The molecule has 0 aliphatic carbocycles. The van der Waals surface area contributed by atoms with E-state index >= 15 is 0 Å². The Balaban J connectivity index is 0.000000272. The van der Waals surface area contributed by atoms with Crippen molar-refractivity contribution < 1.29 is 28.8 Å². The molecule has 9 heteroatoms. The molecule has 1 aliphatic heterocycles. The average Bonchev–Trinajstić information content (AvgIpc) is 2.93. The van der Waals surface area contributed by atoms with Gasteiger partial charge in [0.25, 0.3) is 0 Å². The van der Waals surface area contributed by atoms with Crippen molar-refractivity contribution in [3.63, 3.8) is 0 Å². The minimum absolute atomic E-state index is 0. The minimum Gasteiger partial charge on any atom is -0.507 e. The van der Waals surface area contributed by atoms with Crippen molar-refractivity contribution in [1.82, 2.24) is 4.90 Å². The van der Waals surface area contributed by atoms with Crippen LogP contribution in [-0.2, 0) is 4.74 Å². The van der Waals surface area contributed by atoms with Gasteiger partial charge in [-0.2, -0.15) is 0 Å². The SMILES string of the molecule is CCCCOc1ccc(OCCCN2CCOCC2)cc1.Cl.Nc1ccc(C(=O)Oc2ccccc2)c(O)c1. The first-order valence-corrected chi connectivity index (χ1v) is 13.1. The number of carbonyl (C=O) groups excluding carboxylic acids is 1. The maximum atomic E-state index is 11.7. The number of unbranched alkanes of at least 4 members (excludes halogenated alkanes) is 1. The summed E-state index contributed by atoms with van der Waals surface area (Å²) in [5.41, 5.74) is 5.94. The Hall–Kier alpha value is -3.46. The summed E-state index contributed by atoms with van der Waals surface area (Å²) in [6, 6.07) is 20.8. The number of anilines is 1. The number of rotatable bonds is 11. The van der Waals surface area contributed by atoms with Crippen LogP contribution in [0.3, 0.4) is 0 Å². The molecule has 1 aliphatic rings. The number of hydrogen-bond donors (Lipinski definition) is 2. The van der Waals surface area contributed by atoms with Gasteiger partial charge in [0.1, 0.15) is 28.6 Å². The fourth-order valence-corrected chi connectivity index (χ4v) is 3.64. The maximum Gasteiger partial charge on any atom is 0.347 e. The number of hydrogen-bond acceptors (Lipinski definition) is 8. The van der Waals surface area contributed by atoms with E-state index in [1.807, 2.05) is 30.3 Å². The number of para-hydroxylation sites is 1. The molecule has 1 saturated heterocycles. The van der Waals surface area contributed by atoms with Gasteiger partial charge in [-0.1, -0.05) is 31.5 Å². The summed E-state index contributed by atoms with van der Waals surface area (Å²) in [5, 5.41) is 9.56. The smallest absolute Gasteiger partial charge is 0.347 e. The molecule has 0 spiro atoms. The van der Waals surface area contributed by atoms with E-state index in [9.17, 15) is 9.90 Å². The van der Waals surface area contributed by atoms with Crippen molar-refractivity contribution >= 4 is 24.1 Å². The second-order valence-corrected chi connectivity index (χ2v) is 8.81. The van der Waals surface area contributed by atoms with Crippen LogP contribution in [0.5, 0.6) is 23.0 Å². The number of phenolic OH excluding ortho intramolecular Hbond substituents is 1. The topological polar surface area (TPSA) is 103 Å². The zero-order chi connectivity index (χ0) is 27.0. The summed E-state index contributed by atoms with van der Waals surface area (Å²) >= 11 is 0. The highest BCUT2D eigenvalue weighted by atomic mass is 35.5. The van der Waals surface area contributed by atoms with Gasteiger partial charge < -0.3 is 29.8 Å². The van der Waals surface area contributed by atoms with E-state index in [1.165, 1.54) is 18.2 Å². The van der Waals surface area contributed by atoms with Crippen LogP contribution >= 0.6 is 12.4 Å². The number of nitrogens with two attached hydrogens (primary N) is 1. The van der Waals surface area contributed by atoms with Crippen LogP contribution in [0.15, 0.2) is 72.8 Å². The zero-order valence-electron chi connectivity index (χ0n) is 22.4. The highest BCUT2D eigenvalue weighted by molar-refractivity contribution is 5.94. The summed E-state index contributed by atoms with van der Waals surface area (Å²) in [5.74, 6) is 1.46. The third-order valence-corrected chi connectivity index (χ3v) is 5.78. The lowest BCUT2D eigenvalue weighted by Crippen LogP contribution is -2.37. The zero-order valence-corrected chi connectivity index (χ0v) is 23.2. The van der Waals surface area contributed by atoms with E-state index in [0.717, 1.165) is 76.8 Å². The second kappa shape index (κ2) is 17.9. The molecular formula is C30H39ClN2O6. The Kier molecular flexibility index (Phi) is 14.6. The van der Waals surface area contributed by atoms with Crippen molar-refractivity contribution in [3.8, 4) is 23.0 Å². The number of ether oxygens (including phenoxy) is 4. The quantitative estimate of drug-likeness (QED) is 0.136. The van der Waals surface area contributed by atoms with Gasteiger partial charge in [-0.3, -0.25) is 4.90 Å². The van der Waals surface area contributed by atoms with Crippen LogP contribution in [0.2, 0.25) is 0 Å². The predicted molar refractivity (Wildman–Crippen MR) is 155 cm³/mol. The largest absolute Gasteiger partial charge is 0.507 e. The second-order valence-electron chi connectivity index (χ2n) is 8.81. The molecule has 0 radical (unpaired) electrons. The molecule has 3 aromatic carbocycles. The minimum atomic E-state index is -0.617. The molecule has 1 heterocycles. The van der Waals surface area contributed by atoms with Gasteiger partial charge in [0.15, 0.2) is 0 Å². The molecule has 212 valence electrons. The number of carbonyl (C=O) groups is 1. The molecule has 0 saturated carbocycles. The molecule has 3 aromatic rings. The van der Waals surface area contributed by atoms with Gasteiger partial charge in [-0.15, -0.1) is 12.4 Å². The molecule has 0 atom stereocenters. The maximum absolute atomic E-state index is 11.7. The monoisotopic (exact) mass is 558 g/mol. The van der Waals surface area contributed by atoms with Crippen LogP contribution in [0.25, 0.3) is 0 Å². The van der Waals surface area contributed by atoms with Crippen LogP contribution in [0.4, 0.5) is 5.69 Å². The summed E-state index contributed by atoms with van der Waals surface area (Å²) in [7, 11) is 0. The summed E-state index contributed by atoms with van der Waals surface area (Å²) in [6.45, 7) is 8.61. The van der Waals surface area contributed by atoms with Crippen molar-refractivity contribution in [2.45, 2.75) is 26.2 Å². The fraction of sp³-hybridized carbons (Fsp3) is 0.367. The fourth-order valence-electron chi connectivity index (χ4n) is 3.64.